The van der Waals surface area contributed by atoms with Crippen molar-refractivity contribution in [2.75, 3.05) is 45.2 Å². The zero-order valence-corrected chi connectivity index (χ0v) is 19.2. The van der Waals surface area contributed by atoms with Crippen LogP contribution in [0.3, 0.4) is 0 Å². The maximum atomic E-state index is 12.6. The number of carbonyl (C=O) groups excluding carboxylic acids is 1. The third kappa shape index (κ3) is 6.10. The number of likely N-dealkylation sites (N-methyl/N-ethyl adjacent to an activating group) is 1. The van der Waals surface area contributed by atoms with Gasteiger partial charge >= 0.3 is 6.01 Å². The number of ether oxygens (including phenoxy) is 1. The summed E-state index contributed by atoms with van der Waals surface area (Å²) >= 11 is 0. The SMILES string of the molecule is COc1ccc(-c2noc(N3CCC(C(=O)NCCN(C)Cc4ccccc4)CC3)n2)cc1. The zero-order chi connectivity index (χ0) is 23.0. The predicted octanol–water partition coefficient (Wildman–Crippen LogP) is 3.21. The van der Waals surface area contributed by atoms with Crippen LogP contribution in [-0.2, 0) is 11.3 Å². The average molecular weight is 450 g/mol. The van der Waals surface area contributed by atoms with Gasteiger partial charge in [0, 0.05) is 44.2 Å². The highest BCUT2D eigenvalue weighted by molar-refractivity contribution is 5.78. The van der Waals surface area contributed by atoms with E-state index in [1.807, 2.05) is 42.5 Å². The number of anilines is 1. The van der Waals surface area contributed by atoms with Gasteiger partial charge < -0.3 is 24.4 Å². The normalized spacial score (nSPS) is 14.5. The molecule has 8 nitrogen and oxygen atoms in total. The second-order valence-corrected chi connectivity index (χ2v) is 8.40. The molecule has 0 radical (unpaired) electrons. The van der Waals surface area contributed by atoms with Gasteiger partial charge in [0.15, 0.2) is 0 Å². The average Bonchev–Trinajstić information content (AvgIpc) is 3.35. The number of nitrogens with zero attached hydrogens (tertiary/aromatic N) is 4. The van der Waals surface area contributed by atoms with Gasteiger partial charge in [0.1, 0.15) is 5.75 Å². The molecule has 0 bridgehead atoms. The van der Waals surface area contributed by atoms with Crippen LogP contribution in [0.25, 0.3) is 11.4 Å². The van der Waals surface area contributed by atoms with Crippen molar-refractivity contribution in [3.8, 4) is 17.1 Å². The number of benzene rings is 2. The van der Waals surface area contributed by atoms with E-state index < -0.39 is 0 Å². The minimum Gasteiger partial charge on any atom is -0.497 e. The van der Waals surface area contributed by atoms with Gasteiger partial charge in [-0.15, -0.1) is 0 Å². The minimum atomic E-state index is 0.0182. The van der Waals surface area contributed by atoms with Crippen LogP contribution in [0.4, 0.5) is 6.01 Å². The molecule has 1 aliphatic rings. The molecule has 0 unspecified atom stereocenters. The van der Waals surface area contributed by atoms with E-state index in [9.17, 15) is 4.79 Å². The van der Waals surface area contributed by atoms with Crippen molar-refractivity contribution in [2.24, 2.45) is 5.92 Å². The Labute approximate surface area is 194 Å². The number of piperidine rings is 1. The van der Waals surface area contributed by atoms with Gasteiger partial charge in [0.05, 0.1) is 7.11 Å². The molecular formula is C25H31N5O3. The first kappa shape index (κ1) is 22.8. The fourth-order valence-electron chi connectivity index (χ4n) is 4.02. The molecular weight excluding hydrogens is 418 g/mol. The van der Waals surface area contributed by atoms with Gasteiger partial charge in [-0.25, -0.2) is 0 Å². The van der Waals surface area contributed by atoms with Crippen molar-refractivity contribution in [2.45, 2.75) is 19.4 Å². The Bertz CT molecular complexity index is 1010. The Kier molecular flexibility index (Phi) is 7.57. The van der Waals surface area contributed by atoms with E-state index in [1.165, 1.54) is 5.56 Å². The Balaban J connectivity index is 1.20. The fraction of sp³-hybridized carbons (Fsp3) is 0.400. The summed E-state index contributed by atoms with van der Waals surface area (Å²) in [5.41, 5.74) is 2.15. The molecule has 0 spiro atoms. The molecule has 0 atom stereocenters. The second kappa shape index (κ2) is 11.0. The number of carbonyl (C=O) groups is 1. The highest BCUT2D eigenvalue weighted by Gasteiger charge is 2.27. The molecule has 8 heteroatoms. The van der Waals surface area contributed by atoms with Gasteiger partial charge in [-0.05, 0) is 49.7 Å². The topological polar surface area (TPSA) is 83.7 Å². The number of nitrogens with one attached hydrogen (secondary N) is 1. The summed E-state index contributed by atoms with van der Waals surface area (Å²) in [7, 11) is 3.71. The quantitative estimate of drug-likeness (QED) is 0.537. The summed E-state index contributed by atoms with van der Waals surface area (Å²) in [4.78, 5) is 21.4. The van der Waals surface area contributed by atoms with Crippen LogP contribution < -0.4 is 15.0 Å². The number of amides is 1. The van der Waals surface area contributed by atoms with E-state index >= 15 is 0 Å². The number of hydrogen-bond acceptors (Lipinski definition) is 7. The first-order chi connectivity index (χ1) is 16.1. The van der Waals surface area contributed by atoms with E-state index in [0.29, 0.717) is 18.4 Å². The van der Waals surface area contributed by atoms with E-state index in [1.54, 1.807) is 7.11 Å². The van der Waals surface area contributed by atoms with Crippen molar-refractivity contribution in [1.82, 2.24) is 20.4 Å². The van der Waals surface area contributed by atoms with Crippen LogP contribution in [0.2, 0.25) is 0 Å². The van der Waals surface area contributed by atoms with Crippen LogP contribution in [-0.4, -0.2) is 61.3 Å². The molecule has 33 heavy (non-hydrogen) atoms. The molecule has 1 aromatic heterocycles. The Morgan fingerprint density at radius 1 is 1.15 bits per heavy atom. The summed E-state index contributed by atoms with van der Waals surface area (Å²) in [5, 5.41) is 7.20. The molecule has 0 saturated carbocycles. The molecule has 2 aromatic carbocycles. The lowest BCUT2D eigenvalue weighted by Crippen LogP contribution is -2.42. The van der Waals surface area contributed by atoms with Crippen molar-refractivity contribution < 1.29 is 14.1 Å². The maximum Gasteiger partial charge on any atom is 0.324 e. The molecule has 1 N–H and O–H groups in total. The summed E-state index contributed by atoms with van der Waals surface area (Å²) in [5.74, 6) is 1.48. The first-order valence-electron chi connectivity index (χ1n) is 11.4. The van der Waals surface area contributed by atoms with Crippen LogP contribution in [0.1, 0.15) is 18.4 Å². The number of rotatable bonds is 9. The molecule has 1 saturated heterocycles. The smallest absolute Gasteiger partial charge is 0.324 e. The first-order valence-corrected chi connectivity index (χ1v) is 11.4. The van der Waals surface area contributed by atoms with Gasteiger partial charge in [-0.1, -0.05) is 35.5 Å². The van der Waals surface area contributed by atoms with E-state index in [0.717, 1.165) is 50.3 Å². The Morgan fingerprint density at radius 2 is 1.88 bits per heavy atom. The van der Waals surface area contributed by atoms with Crippen LogP contribution >= 0.6 is 0 Å². The van der Waals surface area contributed by atoms with Crippen molar-refractivity contribution >= 4 is 11.9 Å². The molecule has 1 amide bonds. The van der Waals surface area contributed by atoms with Gasteiger partial charge in [-0.3, -0.25) is 4.79 Å². The molecule has 0 aliphatic carbocycles. The van der Waals surface area contributed by atoms with Crippen LogP contribution in [0.5, 0.6) is 5.75 Å². The standard InChI is InChI=1S/C25H31N5O3/c1-29(18-19-6-4-3-5-7-19)17-14-26-24(31)21-12-15-30(16-13-21)25-27-23(28-33-25)20-8-10-22(32-2)11-9-20/h3-11,21H,12-18H2,1-2H3,(H,26,31). The fourth-order valence-corrected chi connectivity index (χ4v) is 4.02. The Morgan fingerprint density at radius 3 is 2.58 bits per heavy atom. The van der Waals surface area contributed by atoms with Crippen LogP contribution in [0.15, 0.2) is 59.1 Å². The molecule has 4 rings (SSSR count). The minimum absolute atomic E-state index is 0.0182. The maximum absolute atomic E-state index is 12.6. The number of aromatic nitrogens is 2. The van der Waals surface area contributed by atoms with Gasteiger partial charge in [0.2, 0.25) is 11.7 Å². The van der Waals surface area contributed by atoms with Gasteiger partial charge in [0.25, 0.3) is 0 Å². The third-order valence-electron chi connectivity index (χ3n) is 5.99. The zero-order valence-electron chi connectivity index (χ0n) is 19.2. The summed E-state index contributed by atoms with van der Waals surface area (Å²) in [6, 6.07) is 18.4. The van der Waals surface area contributed by atoms with Gasteiger partial charge in [-0.2, -0.15) is 4.98 Å². The summed E-state index contributed by atoms with van der Waals surface area (Å²) in [6.45, 7) is 3.77. The third-order valence-corrected chi connectivity index (χ3v) is 5.99. The number of hydrogen-bond donors (Lipinski definition) is 1. The van der Waals surface area contributed by atoms with Crippen molar-refractivity contribution in [1.29, 1.82) is 0 Å². The lowest BCUT2D eigenvalue weighted by Gasteiger charge is -2.29. The van der Waals surface area contributed by atoms with Crippen LogP contribution in [0, 0.1) is 5.92 Å². The molecule has 3 aromatic rings. The van der Waals surface area contributed by atoms with Crippen molar-refractivity contribution in [3.63, 3.8) is 0 Å². The van der Waals surface area contributed by atoms with E-state index in [4.69, 9.17) is 9.26 Å². The van der Waals surface area contributed by atoms with E-state index in [-0.39, 0.29) is 11.8 Å². The highest BCUT2D eigenvalue weighted by atomic mass is 16.5. The molecule has 1 aliphatic heterocycles. The summed E-state index contributed by atoms with van der Waals surface area (Å²) < 4.78 is 10.7. The highest BCUT2D eigenvalue weighted by Crippen LogP contribution is 2.25. The lowest BCUT2D eigenvalue weighted by molar-refractivity contribution is -0.125. The molecule has 1 fully saturated rings. The summed E-state index contributed by atoms with van der Waals surface area (Å²) in [6.07, 6.45) is 1.54. The molecule has 2 heterocycles. The molecule has 174 valence electrons. The monoisotopic (exact) mass is 449 g/mol. The Hall–Kier alpha value is -3.39. The predicted molar refractivity (Wildman–Crippen MR) is 127 cm³/mol. The number of methoxy groups -OCH3 is 1. The largest absolute Gasteiger partial charge is 0.497 e. The van der Waals surface area contributed by atoms with E-state index in [2.05, 4.69) is 44.4 Å². The lowest BCUT2D eigenvalue weighted by atomic mass is 9.96. The van der Waals surface area contributed by atoms with Crippen molar-refractivity contribution in [3.05, 3.63) is 60.2 Å². The second-order valence-electron chi connectivity index (χ2n) is 8.40.